The summed E-state index contributed by atoms with van der Waals surface area (Å²) in [5.74, 6) is 0.748. The largest absolute Gasteiger partial charge is 0.313 e. The van der Waals surface area contributed by atoms with E-state index in [0.29, 0.717) is 12.1 Å². The van der Waals surface area contributed by atoms with Gasteiger partial charge in [0.05, 0.1) is 0 Å². The van der Waals surface area contributed by atoms with Crippen molar-refractivity contribution in [1.29, 1.82) is 0 Å². The van der Waals surface area contributed by atoms with Crippen molar-refractivity contribution < 1.29 is 0 Å². The van der Waals surface area contributed by atoms with Gasteiger partial charge >= 0.3 is 0 Å². The van der Waals surface area contributed by atoms with E-state index in [-0.39, 0.29) is 0 Å². The van der Waals surface area contributed by atoms with Gasteiger partial charge in [0.25, 0.3) is 0 Å². The highest BCUT2D eigenvalue weighted by Gasteiger charge is 2.29. The highest BCUT2D eigenvalue weighted by molar-refractivity contribution is 9.10. The lowest BCUT2D eigenvalue weighted by molar-refractivity contribution is 0.242. The van der Waals surface area contributed by atoms with Crippen LogP contribution >= 0.6 is 15.9 Å². The van der Waals surface area contributed by atoms with Gasteiger partial charge in [0, 0.05) is 29.6 Å². The van der Waals surface area contributed by atoms with Gasteiger partial charge in [-0.2, -0.15) is 0 Å². The molecule has 2 rings (SSSR count). The third-order valence-corrected chi connectivity index (χ3v) is 4.73. The molecule has 0 radical (unpaired) electrons. The average Bonchev–Trinajstić information content (AvgIpc) is 2.31. The van der Waals surface area contributed by atoms with Gasteiger partial charge in [-0.25, -0.2) is 0 Å². The SMILES string of the molecule is CC(C)N(C)CCNC1CC(c2cccc(Br)c2)C1. The van der Waals surface area contributed by atoms with E-state index in [1.165, 1.54) is 22.9 Å². The van der Waals surface area contributed by atoms with Crippen molar-refractivity contribution in [1.82, 2.24) is 10.2 Å². The van der Waals surface area contributed by atoms with E-state index < -0.39 is 0 Å². The zero-order valence-corrected chi connectivity index (χ0v) is 13.8. The topological polar surface area (TPSA) is 15.3 Å². The van der Waals surface area contributed by atoms with Crippen LogP contribution in [0.15, 0.2) is 28.7 Å². The van der Waals surface area contributed by atoms with Crippen LogP contribution in [0.5, 0.6) is 0 Å². The van der Waals surface area contributed by atoms with Crippen LogP contribution in [0, 0.1) is 0 Å². The second-order valence-electron chi connectivity index (χ2n) is 5.95. The van der Waals surface area contributed by atoms with Crippen LogP contribution in [0.3, 0.4) is 0 Å². The fourth-order valence-electron chi connectivity index (χ4n) is 2.52. The first kappa shape index (κ1) is 15.0. The first-order chi connectivity index (χ1) is 9.06. The predicted octanol–water partition coefficient (Wildman–Crippen LogP) is 3.62. The zero-order valence-electron chi connectivity index (χ0n) is 12.2. The van der Waals surface area contributed by atoms with E-state index in [4.69, 9.17) is 0 Å². The third-order valence-electron chi connectivity index (χ3n) is 4.24. The summed E-state index contributed by atoms with van der Waals surface area (Å²) in [5, 5.41) is 3.67. The Kier molecular flexibility index (Phi) is 5.43. The van der Waals surface area contributed by atoms with E-state index in [1.54, 1.807) is 0 Å². The number of hydrogen-bond acceptors (Lipinski definition) is 2. The first-order valence-corrected chi connectivity index (χ1v) is 8.04. The minimum atomic E-state index is 0.637. The summed E-state index contributed by atoms with van der Waals surface area (Å²) in [5.41, 5.74) is 1.48. The lowest BCUT2D eigenvalue weighted by atomic mass is 9.76. The van der Waals surface area contributed by atoms with Crippen molar-refractivity contribution in [2.45, 2.75) is 44.7 Å². The van der Waals surface area contributed by atoms with Crippen LogP contribution in [0.4, 0.5) is 0 Å². The molecule has 3 heteroatoms. The molecule has 0 saturated heterocycles. The minimum Gasteiger partial charge on any atom is -0.313 e. The second kappa shape index (κ2) is 6.87. The van der Waals surface area contributed by atoms with Crippen LogP contribution in [0.1, 0.15) is 38.2 Å². The van der Waals surface area contributed by atoms with E-state index in [1.807, 2.05) is 0 Å². The van der Waals surface area contributed by atoms with Crippen LogP contribution in [-0.2, 0) is 0 Å². The second-order valence-corrected chi connectivity index (χ2v) is 6.86. The molecule has 0 spiro atoms. The lowest BCUT2D eigenvalue weighted by Gasteiger charge is -2.37. The van der Waals surface area contributed by atoms with Crippen molar-refractivity contribution in [3.8, 4) is 0 Å². The van der Waals surface area contributed by atoms with Crippen molar-refractivity contribution in [3.05, 3.63) is 34.3 Å². The average molecular weight is 325 g/mol. The molecule has 2 nitrogen and oxygen atoms in total. The normalized spacial score (nSPS) is 22.8. The van der Waals surface area contributed by atoms with Gasteiger partial charge in [-0.05, 0) is 57.4 Å². The van der Waals surface area contributed by atoms with E-state index >= 15 is 0 Å². The zero-order chi connectivity index (χ0) is 13.8. The number of nitrogens with zero attached hydrogens (tertiary/aromatic N) is 1. The molecule has 1 aromatic rings. The first-order valence-electron chi connectivity index (χ1n) is 7.25. The van der Waals surface area contributed by atoms with E-state index in [9.17, 15) is 0 Å². The molecule has 1 saturated carbocycles. The molecule has 0 aromatic heterocycles. The molecular formula is C16H25BrN2. The summed E-state index contributed by atoms with van der Waals surface area (Å²) in [4.78, 5) is 2.39. The highest BCUT2D eigenvalue weighted by Crippen LogP contribution is 2.37. The Balaban J connectivity index is 1.67. The minimum absolute atomic E-state index is 0.637. The number of rotatable bonds is 6. The molecule has 1 fully saturated rings. The highest BCUT2D eigenvalue weighted by atomic mass is 79.9. The van der Waals surface area contributed by atoms with Crippen molar-refractivity contribution in [2.75, 3.05) is 20.1 Å². The molecule has 0 amide bonds. The van der Waals surface area contributed by atoms with Gasteiger partial charge in [-0.15, -0.1) is 0 Å². The summed E-state index contributed by atoms with van der Waals surface area (Å²) >= 11 is 3.55. The Hall–Kier alpha value is -0.380. The fourth-order valence-corrected chi connectivity index (χ4v) is 2.94. The Morgan fingerprint density at radius 1 is 1.37 bits per heavy atom. The Labute approximate surface area is 125 Å². The fraction of sp³-hybridized carbons (Fsp3) is 0.625. The number of nitrogens with one attached hydrogen (secondary N) is 1. The monoisotopic (exact) mass is 324 g/mol. The molecular weight excluding hydrogens is 300 g/mol. The number of likely N-dealkylation sites (N-methyl/N-ethyl adjacent to an activating group) is 1. The van der Waals surface area contributed by atoms with Gasteiger partial charge in [-0.3, -0.25) is 0 Å². The molecule has 1 aromatic carbocycles. The van der Waals surface area contributed by atoms with Gasteiger partial charge in [0.1, 0.15) is 0 Å². The Morgan fingerprint density at radius 3 is 2.74 bits per heavy atom. The Morgan fingerprint density at radius 2 is 2.11 bits per heavy atom. The molecule has 106 valence electrons. The quantitative estimate of drug-likeness (QED) is 0.859. The van der Waals surface area contributed by atoms with Gasteiger partial charge < -0.3 is 10.2 Å². The standard InChI is InChI=1S/C16H25BrN2/c1-12(2)19(3)8-7-18-16-10-14(11-16)13-5-4-6-15(17)9-13/h4-6,9,12,14,16,18H,7-8,10-11H2,1-3H3. The molecule has 19 heavy (non-hydrogen) atoms. The molecule has 0 atom stereocenters. The molecule has 0 unspecified atom stereocenters. The number of halogens is 1. The Bertz CT molecular complexity index is 399. The van der Waals surface area contributed by atoms with E-state index in [2.05, 4.69) is 71.3 Å². The van der Waals surface area contributed by atoms with Crippen LogP contribution in [0.2, 0.25) is 0 Å². The van der Waals surface area contributed by atoms with Crippen LogP contribution in [-0.4, -0.2) is 37.1 Å². The summed E-state index contributed by atoms with van der Waals surface area (Å²) < 4.78 is 1.19. The molecule has 0 bridgehead atoms. The maximum atomic E-state index is 3.67. The number of benzene rings is 1. The summed E-state index contributed by atoms with van der Waals surface area (Å²) in [7, 11) is 2.19. The van der Waals surface area contributed by atoms with E-state index in [0.717, 1.165) is 19.0 Å². The summed E-state index contributed by atoms with van der Waals surface area (Å²) in [6.45, 7) is 6.72. The molecule has 0 heterocycles. The van der Waals surface area contributed by atoms with Gasteiger partial charge in [0.2, 0.25) is 0 Å². The predicted molar refractivity (Wildman–Crippen MR) is 85.7 cm³/mol. The number of hydrogen-bond donors (Lipinski definition) is 1. The van der Waals surface area contributed by atoms with Crippen molar-refractivity contribution in [3.63, 3.8) is 0 Å². The lowest BCUT2D eigenvalue weighted by Crippen LogP contribution is -2.43. The maximum Gasteiger partial charge on any atom is 0.0178 e. The van der Waals surface area contributed by atoms with Crippen LogP contribution in [0.25, 0.3) is 0 Å². The van der Waals surface area contributed by atoms with Gasteiger partial charge in [0.15, 0.2) is 0 Å². The molecule has 1 aliphatic carbocycles. The smallest absolute Gasteiger partial charge is 0.0178 e. The van der Waals surface area contributed by atoms with Gasteiger partial charge in [-0.1, -0.05) is 28.1 Å². The molecule has 1 aliphatic rings. The van der Waals surface area contributed by atoms with Crippen molar-refractivity contribution in [2.24, 2.45) is 0 Å². The molecule has 0 aliphatic heterocycles. The van der Waals surface area contributed by atoms with Crippen molar-refractivity contribution >= 4 is 15.9 Å². The maximum absolute atomic E-state index is 3.67. The summed E-state index contributed by atoms with van der Waals surface area (Å²) in [6, 6.07) is 10.1. The van der Waals surface area contributed by atoms with Crippen LogP contribution < -0.4 is 5.32 Å². The molecule has 1 N–H and O–H groups in total. The third kappa shape index (κ3) is 4.30. The summed E-state index contributed by atoms with van der Waals surface area (Å²) in [6.07, 6.45) is 2.56.